The van der Waals surface area contributed by atoms with E-state index in [1.54, 1.807) is 6.92 Å². The molecule has 0 spiro atoms. The summed E-state index contributed by atoms with van der Waals surface area (Å²) in [4.78, 5) is 0. The first-order valence-electron chi connectivity index (χ1n) is 5.06. The van der Waals surface area contributed by atoms with Gasteiger partial charge in [-0.1, -0.05) is 6.92 Å². The minimum Gasteiger partial charge on any atom is -0.387 e. The predicted octanol–water partition coefficient (Wildman–Crippen LogP) is -0.511. The van der Waals surface area contributed by atoms with E-state index < -0.39 is 10.2 Å². The van der Waals surface area contributed by atoms with Crippen molar-refractivity contribution in [1.29, 1.82) is 5.41 Å². The Morgan fingerprint density at radius 2 is 2.07 bits per heavy atom. The summed E-state index contributed by atoms with van der Waals surface area (Å²) in [6, 6.07) is 0. The van der Waals surface area contributed by atoms with Gasteiger partial charge >= 0.3 is 0 Å². The van der Waals surface area contributed by atoms with Crippen molar-refractivity contribution < 1.29 is 8.42 Å². The lowest BCUT2D eigenvalue weighted by molar-refractivity contribution is 0.311. The molecule has 0 aromatic rings. The fraction of sp³-hybridized carbons (Fsp3) is 0.875. The van der Waals surface area contributed by atoms with E-state index in [-0.39, 0.29) is 11.8 Å². The number of nitrogens with one attached hydrogen (secondary N) is 2. The maximum atomic E-state index is 11.6. The Labute approximate surface area is 90.5 Å². The summed E-state index contributed by atoms with van der Waals surface area (Å²) in [7, 11) is -3.31. The van der Waals surface area contributed by atoms with E-state index in [2.05, 4.69) is 4.72 Å². The Morgan fingerprint density at radius 1 is 1.53 bits per heavy atom. The molecular weight excluding hydrogens is 216 g/mol. The maximum Gasteiger partial charge on any atom is 0.279 e. The van der Waals surface area contributed by atoms with Gasteiger partial charge in [0.2, 0.25) is 0 Å². The molecule has 15 heavy (non-hydrogen) atoms. The zero-order valence-corrected chi connectivity index (χ0v) is 9.68. The average Bonchev–Trinajstić information content (AvgIpc) is 2.18. The van der Waals surface area contributed by atoms with Crippen LogP contribution in [0.1, 0.15) is 19.8 Å². The molecule has 0 amide bonds. The zero-order chi connectivity index (χ0) is 11.5. The van der Waals surface area contributed by atoms with Gasteiger partial charge in [0.15, 0.2) is 0 Å². The van der Waals surface area contributed by atoms with Gasteiger partial charge in [-0.05, 0) is 12.8 Å². The molecule has 0 radical (unpaired) electrons. The Kier molecular flexibility index (Phi) is 4.06. The van der Waals surface area contributed by atoms with Crippen molar-refractivity contribution in [1.82, 2.24) is 9.03 Å². The molecule has 6 nitrogen and oxygen atoms in total. The van der Waals surface area contributed by atoms with Crippen LogP contribution in [-0.4, -0.2) is 38.2 Å². The highest BCUT2D eigenvalue weighted by molar-refractivity contribution is 7.87. The number of hydrogen-bond donors (Lipinski definition) is 3. The van der Waals surface area contributed by atoms with Crippen LogP contribution in [0.3, 0.4) is 0 Å². The van der Waals surface area contributed by atoms with Crippen LogP contribution < -0.4 is 10.5 Å². The van der Waals surface area contributed by atoms with Crippen LogP contribution >= 0.6 is 0 Å². The van der Waals surface area contributed by atoms with Gasteiger partial charge in [-0.25, -0.2) is 4.72 Å². The van der Waals surface area contributed by atoms with E-state index in [9.17, 15) is 8.42 Å². The lowest BCUT2D eigenvalue weighted by Gasteiger charge is -2.30. The number of nitrogens with two attached hydrogens (primary N) is 1. The van der Waals surface area contributed by atoms with Crippen LogP contribution in [0.5, 0.6) is 0 Å². The van der Waals surface area contributed by atoms with Crippen LogP contribution in [-0.2, 0) is 10.2 Å². The molecule has 1 fully saturated rings. The Bertz CT molecular complexity index is 320. The maximum absolute atomic E-state index is 11.6. The fourth-order valence-electron chi connectivity index (χ4n) is 1.68. The minimum absolute atomic E-state index is 0.0399. The van der Waals surface area contributed by atoms with Gasteiger partial charge in [0.05, 0.1) is 5.84 Å². The van der Waals surface area contributed by atoms with Crippen molar-refractivity contribution in [3.8, 4) is 0 Å². The molecule has 0 atom stereocenters. The molecule has 1 rings (SSSR count). The second-order valence-electron chi connectivity index (χ2n) is 3.63. The third-order valence-corrected chi connectivity index (χ3v) is 4.26. The summed E-state index contributed by atoms with van der Waals surface area (Å²) >= 11 is 0. The molecule has 4 N–H and O–H groups in total. The molecule has 88 valence electrons. The van der Waals surface area contributed by atoms with Crippen LogP contribution in [0.4, 0.5) is 0 Å². The second-order valence-corrected chi connectivity index (χ2v) is 5.39. The molecule has 1 aliphatic heterocycles. The van der Waals surface area contributed by atoms with Crippen LogP contribution in [0, 0.1) is 11.3 Å². The molecule has 0 saturated carbocycles. The second kappa shape index (κ2) is 4.91. The highest BCUT2D eigenvalue weighted by Gasteiger charge is 2.28. The van der Waals surface area contributed by atoms with E-state index in [1.165, 1.54) is 4.31 Å². The summed E-state index contributed by atoms with van der Waals surface area (Å²) in [6.45, 7) is 3.04. The van der Waals surface area contributed by atoms with Crippen molar-refractivity contribution in [2.45, 2.75) is 19.8 Å². The Hall–Kier alpha value is -0.660. The lowest BCUT2D eigenvalue weighted by Crippen LogP contribution is -2.46. The third kappa shape index (κ3) is 3.15. The molecule has 7 heteroatoms. The Balaban J connectivity index is 2.54. The summed E-state index contributed by atoms with van der Waals surface area (Å²) in [6.07, 6.45) is 1.28. The van der Waals surface area contributed by atoms with E-state index in [1.807, 2.05) is 0 Å². The third-order valence-electron chi connectivity index (χ3n) is 2.56. The highest BCUT2D eigenvalue weighted by atomic mass is 32.2. The van der Waals surface area contributed by atoms with Crippen LogP contribution in [0.15, 0.2) is 0 Å². The van der Waals surface area contributed by atoms with Crippen molar-refractivity contribution in [3.63, 3.8) is 0 Å². The largest absolute Gasteiger partial charge is 0.387 e. The lowest BCUT2D eigenvalue weighted by atomic mass is 9.97. The van der Waals surface area contributed by atoms with Gasteiger partial charge in [0.25, 0.3) is 10.2 Å². The normalized spacial score (nSPS) is 20.3. The summed E-state index contributed by atoms with van der Waals surface area (Å²) in [5.74, 6) is 0.202. The summed E-state index contributed by atoms with van der Waals surface area (Å²) in [5.41, 5.74) is 5.38. The van der Waals surface area contributed by atoms with Crippen molar-refractivity contribution in [2.24, 2.45) is 11.7 Å². The van der Waals surface area contributed by atoms with E-state index in [0.717, 1.165) is 0 Å². The van der Waals surface area contributed by atoms with Crippen LogP contribution in [0.2, 0.25) is 0 Å². The topological polar surface area (TPSA) is 99.3 Å². The van der Waals surface area contributed by atoms with Gasteiger partial charge in [0.1, 0.15) is 0 Å². The quantitative estimate of drug-likeness (QED) is 0.451. The number of nitrogens with zero attached hydrogens (tertiary/aromatic N) is 1. The molecule has 0 bridgehead atoms. The molecule has 0 unspecified atom stereocenters. The number of piperidine rings is 1. The van der Waals surface area contributed by atoms with Gasteiger partial charge in [-0.3, -0.25) is 5.41 Å². The molecule has 1 aliphatic rings. The highest BCUT2D eigenvalue weighted by Crippen LogP contribution is 2.18. The minimum atomic E-state index is -3.31. The molecule has 1 saturated heterocycles. The van der Waals surface area contributed by atoms with E-state index in [0.29, 0.717) is 32.5 Å². The zero-order valence-electron chi connectivity index (χ0n) is 8.86. The summed E-state index contributed by atoms with van der Waals surface area (Å²) < 4.78 is 27.0. The molecule has 0 aliphatic carbocycles. The number of amidine groups is 1. The molecule has 0 aromatic heterocycles. The molecular formula is C8H18N4O2S. The first-order valence-corrected chi connectivity index (χ1v) is 6.50. The van der Waals surface area contributed by atoms with Crippen molar-refractivity contribution >= 4 is 16.0 Å². The van der Waals surface area contributed by atoms with Gasteiger partial charge in [-0.2, -0.15) is 12.7 Å². The average molecular weight is 234 g/mol. The van der Waals surface area contributed by atoms with Gasteiger partial charge in [-0.15, -0.1) is 0 Å². The molecule has 1 heterocycles. The summed E-state index contributed by atoms with van der Waals surface area (Å²) in [5, 5.41) is 7.29. The Morgan fingerprint density at radius 3 is 2.47 bits per heavy atom. The van der Waals surface area contributed by atoms with Gasteiger partial charge in [0, 0.05) is 25.6 Å². The smallest absolute Gasteiger partial charge is 0.279 e. The standard InChI is InChI=1S/C8H18N4O2S/c1-2-11-15(13,14)12-5-3-7(4-6-12)8(9)10/h7,11H,2-6H2,1H3,(H3,9,10). The van der Waals surface area contributed by atoms with E-state index in [4.69, 9.17) is 11.1 Å². The SMILES string of the molecule is CCNS(=O)(=O)N1CCC(C(=N)N)CC1. The number of rotatable bonds is 4. The first-order chi connectivity index (χ1) is 6.97. The van der Waals surface area contributed by atoms with Crippen LogP contribution in [0.25, 0.3) is 0 Å². The fourth-order valence-corrected chi connectivity index (χ4v) is 2.92. The van der Waals surface area contributed by atoms with E-state index >= 15 is 0 Å². The van der Waals surface area contributed by atoms with Crippen molar-refractivity contribution in [2.75, 3.05) is 19.6 Å². The first kappa shape index (κ1) is 12.4. The molecule has 0 aromatic carbocycles. The number of hydrogen-bond acceptors (Lipinski definition) is 3. The predicted molar refractivity (Wildman–Crippen MR) is 58.8 cm³/mol. The monoisotopic (exact) mass is 234 g/mol. The van der Waals surface area contributed by atoms with Crippen molar-refractivity contribution in [3.05, 3.63) is 0 Å². The van der Waals surface area contributed by atoms with Gasteiger partial charge < -0.3 is 5.73 Å².